The van der Waals surface area contributed by atoms with Gasteiger partial charge >= 0.3 is 5.97 Å². The number of nitrogens with zero attached hydrogens (tertiary/aromatic N) is 3. The van der Waals surface area contributed by atoms with Crippen molar-refractivity contribution >= 4 is 17.6 Å². The van der Waals surface area contributed by atoms with Crippen molar-refractivity contribution in [3.05, 3.63) is 75.7 Å². The molecule has 10 nitrogen and oxygen atoms in total. The van der Waals surface area contributed by atoms with E-state index in [1.807, 2.05) is 6.92 Å². The van der Waals surface area contributed by atoms with Gasteiger partial charge in [0.25, 0.3) is 17.5 Å². The van der Waals surface area contributed by atoms with E-state index >= 15 is 0 Å². The Morgan fingerprint density at radius 3 is 2.45 bits per heavy atom. The molecule has 1 aromatic heterocycles. The summed E-state index contributed by atoms with van der Waals surface area (Å²) in [6.07, 6.45) is 0. The molecule has 0 aliphatic rings. The van der Waals surface area contributed by atoms with E-state index in [1.165, 1.54) is 24.3 Å². The smallest absolute Gasteiger partial charge is 0.325 e. The Kier molecular flexibility index (Phi) is 5.93. The van der Waals surface area contributed by atoms with E-state index in [4.69, 9.17) is 9.15 Å². The van der Waals surface area contributed by atoms with Crippen LogP contribution >= 0.6 is 0 Å². The van der Waals surface area contributed by atoms with Gasteiger partial charge in [-0.25, -0.2) is 0 Å². The van der Waals surface area contributed by atoms with Crippen LogP contribution in [0.4, 0.5) is 5.69 Å². The Morgan fingerprint density at radius 1 is 1.10 bits per heavy atom. The molecule has 148 valence electrons. The van der Waals surface area contributed by atoms with Gasteiger partial charge in [-0.1, -0.05) is 17.7 Å². The number of hydrogen-bond acceptors (Lipinski definition) is 8. The van der Waals surface area contributed by atoms with Crippen LogP contribution in [-0.4, -0.2) is 33.5 Å². The molecule has 0 saturated carbocycles. The maximum Gasteiger partial charge on any atom is 0.325 e. The van der Waals surface area contributed by atoms with Crippen LogP contribution in [0.15, 0.2) is 52.9 Å². The van der Waals surface area contributed by atoms with Crippen molar-refractivity contribution in [2.45, 2.75) is 13.5 Å². The number of non-ortho nitro benzene ring substituents is 1. The Morgan fingerprint density at radius 2 is 1.79 bits per heavy atom. The molecule has 2 aromatic carbocycles. The van der Waals surface area contributed by atoms with Crippen molar-refractivity contribution in [1.29, 1.82) is 0 Å². The second-order valence-electron chi connectivity index (χ2n) is 6.01. The maximum atomic E-state index is 12.0. The Hall–Kier alpha value is -4.08. The van der Waals surface area contributed by atoms with Crippen molar-refractivity contribution in [2.24, 2.45) is 0 Å². The molecule has 3 aromatic rings. The fourth-order valence-corrected chi connectivity index (χ4v) is 2.31. The number of aromatic nitrogens is 2. The third-order valence-corrected chi connectivity index (χ3v) is 3.86. The topological polar surface area (TPSA) is 137 Å². The lowest BCUT2D eigenvalue weighted by molar-refractivity contribution is -0.384. The molecule has 29 heavy (non-hydrogen) atoms. The molecule has 0 fully saturated rings. The zero-order chi connectivity index (χ0) is 20.8. The first-order valence-electron chi connectivity index (χ1n) is 8.50. The van der Waals surface area contributed by atoms with E-state index in [0.717, 1.165) is 5.56 Å². The number of carbonyl (C=O) groups is 2. The Labute approximate surface area is 164 Å². The largest absolute Gasteiger partial charge is 0.454 e. The molecule has 0 spiro atoms. The molecule has 0 unspecified atom stereocenters. The number of carbonyl (C=O) groups excluding carboxylic acids is 2. The number of aryl methyl sites for hydroxylation is 1. The summed E-state index contributed by atoms with van der Waals surface area (Å²) in [5.41, 5.74) is 1.89. The van der Waals surface area contributed by atoms with Crippen molar-refractivity contribution in [2.75, 3.05) is 6.54 Å². The summed E-state index contributed by atoms with van der Waals surface area (Å²) in [4.78, 5) is 33.9. The number of nitro groups is 1. The lowest BCUT2D eigenvalue weighted by Gasteiger charge is -2.05. The predicted octanol–water partition coefficient (Wildman–Crippen LogP) is 2.43. The average molecular weight is 396 g/mol. The van der Waals surface area contributed by atoms with Gasteiger partial charge in [-0.05, 0) is 31.2 Å². The van der Waals surface area contributed by atoms with Gasteiger partial charge < -0.3 is 14.5 Å². The van der Waals surface area contributed by atoms with Crippen LogP contribution in [0.1, 0.15) is 21.8 Å². The summed E-state index contributed by atoms with van der Waals surface area (Å²) >= 11 is 0. The standard InChI is InChI=1S/C19H16N4O6/c1-12-2-4-13(5-3-12)18(25)20-10-17(24)28-11-16-21-22-19(29-16)14-6-8-15(9-7-14)23(26)27/h2-9H,10-11H2,1H3,(H,20,25). The molecule has 0 aliphatic carbocycles. The number of esters is 1. The predicted molar refractivity (Wildman–Crippen MR) is 99.7 cm³/mol. The molecule has 0 bridgehead atoms. The minimum atomic E-state index is -0.666. The number of ether oxygens (including phenoxy) is 1. The number of benzene rings is 2. The van der Waals surface area contributed by atoms with Crippen molar-refractivity contribution in [3.63, 3.8) is 0 Å². The first-order valence-corrected chi connectivity index (χ1v) is 8.50. The monoisotopic (exact) mass is 396 g/mol. The third kappa shape index (κ3) is 5.22. The molecule has 1 N–H and O–H groups in total. The SMILES string of the molecule is Cc1ccc(C(=O)NCC(=O)OCc2nnc(-c3ccc([N+](=O)[O-])cc3)o2)cc1. The Bertz CT molecular complexity index is 1030. The third-order valence-electron chi connectivity index (χ3n) is 3.86. The number of hydrogen-bond donors (Lipinski definition) is 1. The average Bonchev–Trinajstić information content (AvgIpc) is 3.20. The van der Waals surface area contributed by atoms with Crippen LogP contribution in [0.3, 0.4) is 0 Å². The molecule has 0 saturated heterocycles. The molecular weight excluding hydrogens is 380 g/mol. The number of amides is 1. The number of nitro benzene ring substituents is 1. The van der Waals surface area contributed by atoms with Crippen LogP contribution in [-0.2, 0) is 16.1 Å². The molecular formula is C19H16N4O6. The van der Waals surface area contributed by atoms with E-state index in [1.54, 1.807) is 24.3 Å². The van der Waals surface area contributed by atoms with Gasteiger partial charge in [0.1, 0.15) is 6.54 Å². The summed E-state index contributed by atoms with van der Waals surface area (Å²) in [6, 6.07) is 12.5. The van der Waals surface area contributed by atoms with E-state index in [9.17, 15) is 19.7 Å². The van der Waals surface area contributed by atoms with E-state index in [0.29, 0.717) is 11.1 Å². The van der Waals surface area contributed by atoms with Gasteiger partial charge in [-0.3, -0.25) is 19.7 Å². The molecule has 0 atom stereocenters. The normalized spacial score (nSPS) is 10.4. The minimum absolute atomic E-state index is 0.0524. The molecule has 0 radical (unpaired) electrons. The van der Waals surface area contributed by atoms with Crippen LogP contribution in [0.5, 0.6) is 0 Å². The van der Waals surface area contributed by atoms with Gasteiger partial charge in [0.2, 0.25) is 5.89 Å². The summed E-state index contributed by atoms with van der Waals surface area (Å²) in [5.74, 6) is -0.865. The Balaban J connectivity index is 1.48. The summed E-state index contributed by atoms with van der Waals surface area (Å²) in [7, 11) is 0. The molecule has 3 rings (SSSR count). The zero-order valence-corrected chi connectivity index (χ0v) is 15.3. The highest BCUT2D eigenvalue weighted by Gasteiger charge is 2.13. The zero-order valence-electron chi connectivity index (χ0n) is 15.3. The van der Waals surface area contributed by atoms with E-state index in [-0.39, 0.29) is 36.5 Å². The van der Waals surface area contributed by atoms with Crippen molar-refractivity contribution in [1.82, 2.24) is 15.5 Å². The van der Waals surface area contributed by atoms with Crippen LogP contribution in [0, 0.1) is 17.0 Å². The van der Waals surface area contributed by atoms with Gasteiger partial charge in [0, 0.05) is 23.3 Å². The number of rotatable bonds is 7. The second kappa shape index (κ2) is 8.74. The van der Waals surface area contributed by atoms with Crippen LogP contribution in [0.2, 0.25) is 0 Å². The van der Waals surface area contributed by atoms with Crippen molar-refractivity contribution in [3.8, 4) is 11.5 Å². The highest BCUT2D eigenvalue weighted by Crippen LogP contribution is 2.21. The van der Waals surface area contributed by atoms with Crippen LogP contribution < -0.4 is 5.32 Å². The first kappa shape index (κ1) is 19.7. The van der Waals surface area contributed by atoms with E-state index in [2.05, 4.69) is 15.5 Å². The first-order chi connectivity index (χ1) is 13.9. The molecule has 1 amide bonds. The highest BCUT2D eigenvalue weighted by molar-refractivity contribution is 5.95. The molecule has 10 heteroatoms. The minimum Gasteiger partial charge on any atom is -0.454 e. The lowest BCUT2D eigenvalue weighted by Crippen LogP contribution is -2.30. The van der Waals surface area contributed by atoms with Gasteiger partial charge in [0.05, 0.1) is 4.92 Å². The number of nitrogens with one attached hydrogen (secondary N) is 1. The van der Waals surface area contributed by atoms with Gasteiger partial charge in [-0.2, -0.15) is 0 Å². The van der Waals surface area contributed by atoms with Gasteiger partial charge in [0.15, 0.2) is 6.61 Å². The fraction of sp³-hybridized carbons (Fsp3) is 0.158. The highest BCUT2D eigenvalue weighted by atomic mass is 16.6. The van der Waals surface area contributed by atoms with E-state index < -0.39 is 10.9 Å². The molecule has 1 heterocycles. The molecule has 0 aliphatic heterocycles. The summed E-state index contributed by atoms with van der Waals surface area (Å²) in [5, 5.41) is 20.7. The maximum absolute atomic E-state index is 12.0. The lowest BCUT2D eigenvalue weighted by atomic mass is 10.1. The second-order valence-corrected chi connectivity index (χ2v) is 6.01. The quantitative estimate of drug-likeness (QED) is 0.365. The van der Waals surface area contributed by atoms with Crippen molar-refractivity contribution < 1.29 is 23.7 Å². The summed E-state index contributed by atoms with van der Waals surface area (Å²) < 4.78 is 10.4. The van der Waals surface area contributed by atoms with Gasteiger partial charge in [-0.15, -0.1) is 10.2 Å². The summed E-state index contributed by atoms with van der Waals surface area (Å²) in [6.45, 7) is 1.33. The fourth-order valence-electron chi connectivity index (χ4n) is 2.31. The van der Waals surface area contributed by atoms with Crippen LogP contribution in [0.25, 0.3) is 11.5 Å².